The second kappa shape index (κ2) is 10.7. The highest BCUT2D eigenvalue weighted by Gasteiger charge is 2.04. The van der Waals surface area contributed by atoms with E-state index in [0.717, 1.165) is 23.8 Å². The fourth-order valence-electron chi connectivity index (χ4n) is 2.22. The zero-order valence-electron chi connectivity index (χ0n) is 14.7. The van der Waals surface area contributed by atoms with Gasteiger partial charge in [-0.3, -0.25) is 9.48 Å². The molecule has 1 aromatic carbocycles. The number of aliphatic imine (C=N–C) groups is 1. The van der Waals surface area contributed by atoms with Crippen LogP contribution in [0.3, 0.4) is 0 Å². The van der Waals surface area contributed by atoms with E-state index in [-0.39, 0.29) is 29.9 Å². The number of halogens is 1. The largest absolute Gasteiger partial charge is 0.357 e. The molecule has 0 saturated carbocycles. The van der Waals surface area contributed by atoms with Crippen molar-refractivity contribution in [3.63, 3.8) is 0 Å². The molecule has 0 unspecified atom stereocenters. The number of carbonyl (C=O) groups excluding carboxylic acids is 1. The molecule has 7 nitrogen and oxygen atoms in total. The van der Waals surface area contributed by atoms with Crippen molar-refractivity contribution in [3.05, 3.63) is 53.3 Å². The van der Waals surface area contributed by atoms with Crippen molar-refractivity contribution in [1.82, 2.24) is 25.7 Å². The Kier molecular flexibility index (Phi) is 8.96. The van der Waals surface area contributed by atoms with Gasteiger partial charge in [0.1, 0.15) is 0 Å². The fraction of sp³-hybridized carbons (Fsp3) is 0.353. The van der Waals surface area contributed by atoms with Crippen LogP contribution in [0.1, 0.15) is 28.5 Å². The standard InChI is InChI=1S/C17H24N6O.HI/c1-4-19-17(21-12-15-8-9-22-23(15)3)20-11-13-6-5-7-14(10-13)16(24)18-2;/h5-10H,4,11-12H2,1-3H3,(H,18,24)(H2,19,20,21);1H. The lowest BCUT2D eigenvalue weighted by Crippen LogP contribution is -2.37. The highest BCUT2D eigenvalue weighted by atomic mass is 127. The van der Waals surface area contributed by atoms with Crippen LogP contribution in [0.2, 0.25) is 0 Å². The zero-order valence-corrected chi connectivity index (χ0v) is 17.1. The van der Waals surface area contributed by atoms with E-state index in [2.05, 4.69) is 26.0 Å². The average molecular weight is 456 g/mol. The van der Waals surface area contributed by atoms with Crippen LogP contribution in [0.15, 0.2) is 41.5 Å². The number of nitrogens with one attached hydrogen (secondary N) is 3. The van der Waals surface area contributed by atoms with Gasteiger partial charge in [0, 0.05) is 32.4 Å². The van der Waals surface area contributed by atoms with E-state index in [4.69, 9.17) is 0 Å². The molecule has 0 aliphatic rings. The molecule has 8 heteroatoms. The molecular weight excluding hydrogens is 431 g/mol. The van der Waals surface area contributed by atoms with Crippen LogP contribution >= 0.6 is 24.0 Å². The van der Waals surface area contributed by atoms with Gasteiger partial charge in [0.2, 0.25) is 0 Å². The molecule has 25 heavy (non-hydrogen) atoms. The van der Waals surface area contributed by atoms with E-state index < -0.39 is 0 Å². The fourth-order valence-corrected chi connectivity index (χ4v) is 2.22. The van der Waals surface area contributed by atoms with E-state index in [9.17, 15) is 4.79 Å². The second-order valence-corrected chi connectivity index (χ2v) is 5.27. The highest BCUT2D eigenvalue weighted by Crippen LogP contribution is 2.06. The Morgan fingerprint density at radius 2 is 2.08 bits per heavy atom. The van der Waals surface area contributed by atoms with E-state index in [1.807, 2.05) is 42.9 Å². The normalized spacial score (nSPS) is 10.8. The van der Waals surface area contributed by atoms with Crippen LogP contribution in [0.5, 0.6) is 0 Å². The Labute approximate surface area is 165 Å². The smallest absolute Gasteiger partial charge is 0.251 e. The second-order valence-electron chi connectivity index (χ2n) is 5.27. The quantitative estimate of drug-likeness (QED) is 0.351. The first-order chi connectivity index (χ1) is 11.6. The van der Waals surface area contributed by atoms with Crippen LogP contribution in [0.25, 0.3) is 0 Å². The summed E-state index contributed by atoms with van der Waals surface area (Å²) in [5.41, 5.74) is 2.69. The zero-order chi connectivity index (χ0) is 17.4. The molecule has 1 aromatic heterocycles. The number of aryl methyl sites for hydroxylation is 1. The lowest BCUT2D eigenvalue weighted by atomic mass is 10.1. The van der Waals surface area contributed by atoms with Gasteiger partial charge < -0.3 is 16.0 Å². The number of aromatic nitrogens is 2. The van der Waals surface area contributed by atoms with Gasteiger partial charge in [0.15, 0.2) is 5.96 Å². The van der Waals surface area contributed by atoms with Crippen LogP contribution < -0.4 is 16.0 Å². The van der Waals surface area contributed by atoms with Crippen LogP contribution in [-0.4, -0.2) is 35.2 Å². The third-order valence-electron chi connectivity index (χ3n) is 3.54. The molecule has 1 heterocycles. The van der Waals surface area contributed by atoms with Gasteiger partial charge in [-0.05, 0) is 30.7 Å². The van der Waals surface area contributed by atoms with Crippen molar-refractivity contribution in [3.8, 4) is 0 Å². The Morgan fingerprint density at radius 1 is 1.28 bits per heavy atom. The lowest BCUT2D eigenvalue weighted by molar-refractivity contribution is 0.0963. The molecule has 0 aliphatic carbocycles. The summed E-state index contributed by atoms with van der Waals surface area (Å²) in [6.45, 7) is 3.93. The first kappa shape index (κ1) is 20.9. The molecule has 0 fully saturated rings. The molecule has 0 aliphatic heterocycles. The molecule has 2 aromatic rings. The number of hydrogen-bond donors (Lipinski definition) is 3. The summed E-state index contributed by atoms with van der Waals surface area (Å²) in [5, 5.41) is 13.3. The van der Waals surface area contributed by atoms with Gasteiger partial charge in [0.25, 0.3) is 5.91 Å². The van der Waals surface area contributed by atoms with Gasteiger partial charge in [-0.15, -0.1) is 24.0 Å². The number of guanidine groups is 1. The minimum absolute atomic E-state index is 0. The molecule has 136 valence electrons. The Hall–Kier alpha value is -2.10. The average Bonchev–Trinajstić information content (AvgIpc) is 3.02. The monoisotopic (exact) mass is 456 g/mol. The summed E-state index contributed by atoms with van der Waals surface area (Å²) < 4.78 is 1.82. The molecule has 2 rings (SSSR count). The summed E-state index contributed by atoms with van der Waals surface area (Å²) in [4.78, 5) is 16.3. The van der Waals surface area contributed by atoms with Crippen LogP contribution in [0.4, 0.5) is 0 Å². The SMILES string of the molecule is CCNC(=NCc1cccc(C(=O)NC)c1)NCc1ccnn1C.I. The summed E-state index contributed by atoms with van der Waals surface area (Å²) in [6.07, 6.45) is 1.77. The van der Waals surface area contributed by atoms with Gasteiger partial charge in [-0.25, -0.2) is 4.99 Å². The number of carbonyl (C=O) groups is 1. The molecule has 0 radical (unpaired) electrons. The molecular formula is C17H25IN6O. The molecule has 3 N–H and O–H groups in total. The van der Waals surface area contributed by atoms with Gasteiger partial charge in [-0.1, -0.05) is 12.1 Å². The van der Waals surface area contributed by atoms with Gasteiger partial charge in [0.05, 0.1) is 18.8 Å². The minimum atomic E-state index is -0.0953. The van der Waals surface area contributed by atoms with Gasteiger partial charge in [-0.2, -0.15) is 5.10 Å². The Bertz CT molecular complexity index is 713. The summed E-state index contributed by atoms with van der Waals surface area (Å²) >= 11 is 0. The third-order valence-corrected chi connectivity index (χ3v) is 3.54. The van der Waals surface area contributed by atoms with E-state index >= 15 is 0 Å². The predicted octanol–water partition coefficient (Wildman–Crippen LogP) is 1.65. The molecule has 0 spiro atoms. The number of benzene rings is 1. The first-order valence-corrected chi connectivity index (χ1v) is 7.94. The lowest BCUT2D eigenvalue weighted by Gasteiger charge is -2.11. The van der Waals surface area contributed by atoms with Crippen molar-refractivity contribution in [2.45, 2.75) is 20.0 Å². The minimum Gasteiger partial charge on any atom is -0.357 e. The summed E-state index contributed by atoms with van der Waals surface area (Å²) in [6, 6.07) is 9.43. The van der Waals surface area contributed by atoms with E-state index in [0.29, 0.717) is 18.7 Å². The predicted molar refractivity (Wildman–Crippen MR) is 110 cm³/mol. The summed E-state index contributed by atoms with van der Waals surface area (Å²) in [7, 11) is 3.53. The molecule has 1 amide bonds. The molecule has 0 bridgehead atoms. The maximum Gasteiger partial charge on any atom is 0.251 e. The maximum absolute atomic E-state index is 11.7. The Morgan fingerprint density at radius 3 is 2.72 bits per heavy atom. The van der Waals surface area contributed by atoms with Crippen molar-refractivity contribution < 1.29 is 4.79 Å². The Balaban J connectivity index is 0.00000312. The van der Waals surface area contributed by atoms with Crippen molar-refractivity contribution in [2.24, 2.45) is 12.0 Å². The maximum atomic E-state index is 11.7. The third kappa shape index (κ3) is 6.37. The first-order valence-electron chi connectivity index (χ1n) is 7.94. The number of amides is 1. The van der Waals surface area contributed by atoms with E-state index in [1.165, 1.54) is 0 Å². The van der Waals surface area contributed by atoms with Crippen LogP contribution in [-0.2, 0) is 20.1 Å². The van der Waals surface area contributed by atoms with Crippen molar-refractivity contribution >= 4 is 35.8 Å². The number of rotatable bonds is 6. The number of nitrogens with zero attached hydrogens (tertiary/aromatic N) is 3. The van der Waals surface area contributed by atoms with Crippen LogP contribution in [0, 0.1) is 0 Å². The molecule has 0 saturated heterocycles. The molecule has 0 atom stereocenters. The van der Waals surface area contributed by atoms with Crippen molar-refractivity contribution in [1.29, 1.82) is 0 Å². The highest BCUT2D eigenvalue weighted by molar-refractivity contribution is 14.0. The van der Waals surface area contributed by atoms with Gasteiger partial charge >= 0.3 is 0 Å². The number of hydrogen-bond acceptors (Lipinski definition) is 3. The summed E-state index contributed by atoms with van der Waals surface area (Å²) in [5.74, 6) is 0.631. The van der Waals surface area contributed by atoms with E-state index in [1.54, 1.807) is 19.3 Å². The van der Waals surface area contributed by atoms with Crippen molar-refractivity contribution in [2.75, 3.05) is 13.6 Å². The topological polar surface area (TPSA) is 83.3 Å².